The third-order valence-corrected chi connectivity index (χ3v) is 7.50. The molecule has 41 heavy (non-hydrogen) atoms. The van der Waals surface area contributed by atoms with Gasteiger partial charge in [0.2, 0.25) is 0 Å². The largest absolute Gasteiger partial charge is 0.455 e. The topological polar surface area (TPSA) is 13.1 Å². The zero-order valence-corrected chi connectivity index (χ0v) is 21.7. The van der Waals surface area contributed by atoms with Crippen LogP contribution in [0.15, 0.2) is 162 Å². The minimum Gasteiger partial charge on any atom is -0.455 e. The number of hydrogen-bond donors (Lipinski definition) is 0. The van der Waals surface area contributed by atoms with Crippen molar-refractivity contribution in [3.05, 3.63) is 158 Å². The van der Waals surface area contributed by atoms with Gasteiger partial charge in [-0.15, -0.1) is 0 Å². The van der Waals surface area contributed by atoms with Crippen molar-refractivity contribution < 1.29 is 16.8 Å². The van der Waals surface area contributed by atoms with Gasteiger partial charge in [-0.25, -0.2) is 0 Å². The van der Waals surface area contributed by atoms with Crippen LogP contribution < -0.4 is 0 Å². The van der Waals surface area contributed by atoms with Crippen molar-refractivity contribution in [1.82, 2.24) is 0 Å². The van der Waals surface area contributed by atoms with Crippen molar-refractivity contribution in [2.75, 3.05) is 0 Å². The Morgan fingerprint density at radius 1 is 0.366 bits per heavy atom. The smallest absolute Gasteiger partial charge is 0.143 e. The van der Waals surface area contributed by atoms with Gasteiger partial charge in [-0.3, -0.25) is 0 Å². The standard InChI is InChI=1S/C40H26O/c1-3-13-27(14-4-1)37-31-17-7-9-19-33(31)38(34-20-10-8-18-32(34)37)28-23-25-29(26-24-28)39-35-21-11-12-22-36(35)41-40(39)30-15-5-2-6-16-30/h1-26H/i1D,3D,4D,7D,9D,13D,14D,17D,19D. The molecule has 8 aromatic rings. The quantitative estimate of drug-likeness (QED) is 0.206. The third kappa shape index (κ3) is 3.86. The number of para-hydroxylation sites is 1. The molecule has 1 aromatic heterocycles. The Bertz CT molecular complexity index is 2650. The Kier molecular flexibility index (Phi) is 3.77. The summed E-state index contributed by atoms with van der Waals surface area (Å²) in [7, 11) is 0. The molecule has 7 aromatic carbocycles. The SMILES string of the molecule is [2H]c1c([2H])c([2H])c(-c2c3ccccc3c(-c3ccc(-c4c(-c5ccccc5)oc5ccccc45)cc3)c3c([2H])c([2H])c([2H])c([2H])c23)c([2H])c1[2H]. The monoisotopic (exact) mass is 531 g/mol. The van der Waals surface area contributed by atoms with E-state index in [0.717, 1.165) is 33.4 Å². The van der Waals surface area contributed by atoms with Crippen molar-refractivity contribution >= 4 is 32.5 Å². The zero-order valence-electron chi connectivity index (χ0n) is 30.7. The predicted molar refractivity (Wildman–Crippen MR) is 173 cm³/mol. The van der Waals surface area contributed by atoms with Crippen LogP contribution in [0.4, 0.5) is 0 Å². The second-order valence-electron chi connectivity index (χ2n) is 9.79. The first-order chi connectivity index (χ1) is 24.1. The summed E-state index contributed by atoms with van der Waals surface area (Å²) in [6.45, 7) is 0. The van der Waals surface area contributed by atoms with E-state index in [1.807, 2.05) is 91.0 Å². The van der Waals surface area contributed by atoms with Gasteiger partial charge in [0.15, 0.2) is 0 Å². The van der Waals surface area contributed by atoms with E-state index in [9.17, 15) is 0 Å². The van der Waals surface area contributed by atoms with Crippen LogP contribution in [0.25, 0.3) is 77.2 Å². The van der Waals surface area contributed by atoms with E-state index in [4.69, 9.17) is 16.8 Å². The molecule has 0 spiro atoms. The van der Waals surface area contributed by atoms with E-state index in [1.54, 1.807) is 12.1 Å². The van der Waals surface area contributed by atoms with E-state index in [2.05, 4.69) is 0 Å². The van der Waals surface area contributed by atoms with Gasteiger partial charge in [0.05, 0.1) is 12.3 Å². The average molecular weight is 532 g/mol. The van der Waals surface area contributed by atoms with Crippen molar-refractivity contribution in [1.29, 1.82) is 0 Å². The molecular weight excluding hydrogens is 496 g/mol. The number of rotatable bonds is 4. The zero-order chi connectivity index (χ0) is 35.0. The molecule has 0 aliphatic carbocycles. The van der Waals surface area contributed by atoms with E-state index in [1.165, 1.54) is 0 Å². The molecule has 0 unspecified atom stereocenters. The van der Waals surface area contributed by atoms with Crippen LogP contribution in [0, 0.1) is 0 Å². The molecule has 0 radical (unpaired) electrons. The van der Waals surface area contributed by atoms with Crippen LogP contribution in [-0.4, -0.2) is 0 Å². The predicted octanol–water partition coefficient (Wildman–Crippen LogP) is 11.4. The van der Waals surface area contributed by atoms with E-state index < -0.39 is 42.3 Å². The number of fused-ring (bicyclic) bond motifs is 3. The summed E-state index contributed by atoms with van der Waals surface area (Å²) in [5.74, 6) is 0.729. The lowest BCUT2D eigenvalue weighted by molar-refractivity contribution is 0.632. The summed E-state index contributed by atoms with van der Waals surface area (Å²) in [4.78, 5) is 0. The van der Waals surface area contributed by atoms with Crippen LogP contribution in [0.3, 0.4) is 0 Å². The van der Waals surface area contributed by atoms with Crippen molar-refractivity contribution in [3.8, 4) is 44.7 Å². The van der Waals surface area contributed by atoms with Gasteiger partial charge in [-0.05, 0) is 55.4 Å². The lowest BCUT2D eigenvalue weighted by Gasteiger charge is -2.18. The summed E-state index contributed by atoms with van der Waals surface area (Å²) in [6.07, 6.45) is 0. The highest BCUT2D eigenvalue weighted by Crippen LogP contribution is 2.45. The Labute approximate surface area is 251 Å². The second-order valence-corrected chi connectivity index (χ2v) is 9.79. The highest BCUT2D eigenvalue weighted by molar-refractivity contribution is 6.21. The molecule has 0 amide bonds. The Balaban J connectivity index is 1.46. The number of furan rings is 1. The van der Waals surface area contributed by atoms with Crippen LogP contribution in [-0.2, 0) is 0 Å². The molecular formula is C40H26O. The van der Waals surface area contributed by atoms with E-state index in [-0.39, 0.29) is 34.0 Å². The lowest BCUT2D eigenvalue weighted by Crippen LogP contribution is -1.90. The molecule has 0 aliphatic heterocycles. The fourth-order valence-electron chi connectivity index (χ4n) is 5.74. The van der Waals surface area contributed by atoms with Gasteiger partial charge >= 0.3 is 0 Å². The van der Waals surface area contributed by atoms with Crippen LogP contribution >= 0.6 is 0 Å². The molecule has 0 atom stereocenters. The molecule has 0 saturated carbocycles. The maximum atomic E-state index is 9.14. The average Bonchev–Trinajstić information content (AvgIpc) is 3.54. The van der Waals surface area contributed by atoms with Crippen molar-refractivity contribution in [3.63, 3.8) is 0 Å². The van der Waals surface area contributed by atoms with Gasteiger partial charge in [0.25, 0.3) is 0 Å². The van der Waals surface area contributed by atoms with E-state index in [0.29, 0.717) is 21.9 Å². The lowest BCUT2D eigenvalue weighted by atomic mass is 9.85. The molecule has 1 nitrogen and oxygen atoms in total. The molecule has 0 saturated heterocycles. The van der Waals surface area contributed by atoms with Gasteiger partial charge in [-0.2, -0.15) is 0 Å². The van der Waals surface area contributed by atoms with Crippen LogP contribution in [0.1, 0.15) is 12.3 Å². The molecule has 1 heterocycles. The van der Waals surface area contributed by atoms with Crippen LogP contribution in [0.2, 0.25) is 0 Å². The second kappa shape index (κ2) is 9.66. The summed E-state index contributed by atoms with van der Waals surface area (Å²) >= 11 is 0. The molecule has 0 aliphatic rings. The summed E-state index contributed by atoms with van der Waals surface area (Å²) in [5.41, 5.74) is 4.77. The van der Waals surface area contributed by atoms with Gasteiger partial charge in [0, 0.05) is 16.5 Å². The highest BCUT2D eigenvalue weighted by Gasteiger charge is 2.19. The van der Waals surface area contributed by atoms with Gasteiger partial charge < -0.3 is 4.42 Å². The number of benzene rings is 7. The van der Waals surface area contributed by atoms with Crippen LogP contribution in [0.5, 0.6) is 0 Å². The fraction of sp³-hybridized carbons (Fsp3) is 0. The summed E-state index contributed by atoms with van der Waals surface area (Å²) in [6, 6.07) is 28.6. The van der Waals surface area contributed by atoms with Gasteiger partial charge in [-0.1, -0.05) is 151 Å². The van der Waals surface area contributed by atoms with Gasteiger partial charge in [0.1, 0.15) is 11.3 Å². The first kappa shape index (κ1) is 16.0. The summed E-state index contributed by atoms with van der Waals surface area (Å²) in [5, 5.41) is 2.34. The minimum absolute atomic E-state index is 0.0829. The fourth-order valence-corrected chi connectivity index (χ4v) is 5.74. The first-order valence-corrected chi connectivity index (χ1v) is 13.3. The molecule has 8 rings (SSSR count). The minimum atomic E-state index is -0.545. The van der Waals surface area contributed by atoms with Crippen molar-refractivity contribution in [2.45, 2.75) is 0 Å². The molecule has 0 N–H and O–H groups in total. The first-order valence-electron chi connectivity index (χ1n) is 17.8. The van der Waals surface area contributed by atoms with E-state index >= 15 is 0 Å². The van der Waals surface area contributed by atoms with Crippen molar-refractivity contribution in [2.24, 2.45) is 0 Å². The Morgan fingerprint density at radius 3 is 1.54 bits per heavy atom. The number of hydrogen-bond acceptors (Lipinski definition) is 1. The maximum Gasteiger partial charge on any atom is 0.143 e. The summed E-state index contributed by atoms with van der Waals surface area (Å²) < 4.78 is 84.4. The third-order valence-electron chi connectivity index (χ3n) is 7.50. The molecule has 0 bridgehead atoms. The maximum absolute atomic E-state index is 9.14. The molecule has 0 fully saturated rings. The molecule has 192 valence electrons. The normalized spacial score (nSPS) is 14.5. The Hall–Kier alpha value is -5.40. The molecule has 1 heteroatoms. The Morgan fingerprint density at radius 2 is 0.878 bits per heavy atom. The highest BCUT2D eigenvalue weighted by atomic mass is 16.3.